The molecule has 0 amide bonds. The molecule has 4 aromatic rings. The van der Waals surface area contributed by atoms with Gasteiger partial charge in [0.2, 0.25) is 0 Å². The molecular formula is C32H25N3S. The smallest absolute Gasteiger partial charge is 0.0798 e. The van der Waals surface area contributed by atoms with Gasteiger partial charge in [0.25, 0.3) is 0 Å². The Labute approximate surface area is 215 Å². The molecule has 0 spiro atoms. The van der Waals surface area contributed by atoms with Gasteiger partial charge < -0.3 is 9.88 Å². The van der Waals surface area contributed by atoms with E-state index >= 15 is 0 Å². The fourth-order valence-electron chi connectivity index (χ4n) is 4.43. The summed E-state index contributed by atoms with van der Waals surface area (Å²) in [6.07, 6.45) is 10.6. The first kappa shape index (κ1) is 22.2. The number of hydrogen-bond donors (Lipinski definition) is 1. The van der Waals surface area contributed by atoms with Crippen LogP contribution in [-0.4, -0.2) is 17.7 Å². The molecule has 0 bridgehead atoms. The highest BCUT2D eigenvalue weighted by Crippen LogP contribution is 2.44. The average molecular weight is 484 g/mol. The number of para-hydroxylation sites is 1. The van der Waals surface area contributed by atoms with Gasteiger partial charge in [0.05, 0.1) is 22.1 Å². The van der Waals surface area contributed by atoms with Crippen LogP contribution >= 0.6 is 11.8 Å². The number of fused-ring (bicyclic) bond motifs is 1. The first-order chi connectivity index (χ1) is 17.8. The number of nitrogens with zero attached hydrogens (tertiary/aromatic N) is 2. The summed E-state index contributed by atoms with van der Waals surface area (Å²) in [7, 11) is 2.12. The number of aromatic nitrogens is 1. The zero-order chi connectivity index (χ0) is 24.3. The minimum atomic E-state index is 0.945. The van der Waals surface area contributed by atoms with Gasteiger partial charge in [-0.1, -0.05) is 96.7 Å². The molecule has 0 atom stereocenters. The van der Waals surface area contributed by atoms with Crippen molar-refractivity contribution in [2.24, 2.45) is 4.99 Å². The third-order valence-corrected chi connectivity index (χ3v) is 7.50. The van der Waals surface area contributed by atoms with Gasteiger partial charge in [-0.2, -0.15) is 0 Å². The number of aromatic amines is 1. The molecule has 0 radical (unpaired) electrons. The lowest BCUT2D eigenvalue weighted by molar-refractivity contribution is 1.17. The number of rotatable bonds is 5. The van der Waals surface area contributed by atoms with Crippen LogP contribution in [0.15, 0.2) is 148 Å². The summed E-state index contributed by atoms with van der Waals surface area (Å²) in [5.74, 6) is 0. The summed E-state index contributed by atoms with van der Waals surface area (Å²) in [5.41, 5.74) is 8.63. The predicted octanol–water partition coefficient (Wildman–Crippen LogP) is 8.09. The molecule has 3 heterocycles. The first-order valence-electron chi connectivity index (χ1n) is 12.0. The van der Waals surface area contributed by atoms with E-state index in [0.29, 0.717) is 0 Å². The van der Waals surface area contributed by atoms with Crippen molar-refractivity contribution in [3.63, 3.8) is 0 Å². The van der Waals surface area contributed by atoms with E-state index < -0.39 is 0 Å². The van der Waals surface area contributed by atoms with Crippen LogP contribution in [0, 0.1) is 0 Å². The number of allylic oxidation sites excluding steroid dienone is 6. The van der Waals surface area contributed by atoms with Gasteiger partial charge in [0.15, 0.2) is 0 Å². The Morgan fingerprint density at radius 3 is 2.31 bits per heavy atom. The first-order valence-corrected chi connectivity index (χ1v) is 12.8. The van der Waals surface area contributed by atoms with Crippen LogP contribution < -0.4 is 4.90 Å². The molecular weight excluding hydrogens is 458 g/mol. The summed E-state index contributed by atoms with van der Waals surface area (Å²) in [6, 6.07) is 33.5. The summed E-state index contributed by atoms with van der Waals surface area (Å²) in [5, 5.41) is 1.20. The second-order valence-electron chi connectivity index (χ2n) is 8.64. The molecule has 0 aliphatic carbocycles. The average Bonchev–Trinajstić information content (AvgIpc) is 3.68. The largest absolute Gasteiger partial charge is 0.354 e. The van der Waals surface area contributed by atoms with Crippen LogP contribution in [0.1, 0.15) is 11.3 Å². The van der Waals surface area contributed by atoms with Crippen LogP contribution in [0.2, 0.25) is 0 Å². The van der Waals surface area contributed by atoms with E-state index in [1.807, 2.05) is 24.3 Å². The third-order valence-electron chi connectivity index (χ3n) is 6.32. The minimum Gasteiger partial charge on any atom is -0.354 e. The molecule has 0 fully saturated rings. The number of nitrogens with one attached hydrogen (secondary N) is 1. The van der Waals surface area contributed by atoms with E-state index in [2.05, 4.69) is 120 Å². The lowest BCUT2D eigenvalue weighted by Gasteiger charge is -2.12. The van der Waals surface area contributed by atoms with Crippen molar-refractivity contribution in [2.45, 2.75) is 4.90 Å². The van der Waals surface area contributed by atoms with Crippen molar-refractivity contribution in [3.05, 3.63) is 149 Å². The monoisotopic (exact) mass is 483 g/mol. The Morgan fingerprint density at radius 2 is 1.53 bits per heavy atom. The maximum Gasteiger partial charge on any atom is 0.0798 e. The molecule has 0 saturated heterocycles. The molecule has 174 valence electrons. The number of hydrogen-bond acceptors (Lipinski definition) is 3. The summed E-state index contributed by atoms with van der Waals surface area (Å²) in [4.78, 5) is 12.1. The van der Waals surface area contributed by atoms with Crippen molar-refractivity contribution < 1.29 is 0 Å². The van der Waals surface area contributed by atoms with Gasteiger partial charge in [0, 0.05) is 34.5 Å². The zero-order valence-corrected chi connectivity index (χ0v) is 20.7. The van der Waals surface area contributed by atoms with Gasteiger partial charge in [-0.15, -0.1) is 0 Å². The van der Waals surface area contributed by atoms with Crippen molar-refractivity contribution in [3.8, 4) is 11.3 Å². The van der Waals surface area contributed by atoms with Crippen molar-refractivity contribution in [1.82, 2.24) is 4.98 Å². The molecule has 0 unspecified atom stereocenters. The highest BCUT2D eigenvalue weighted by molar-refractivity contribution is 8.03. The quantitative estimate of drug-likeness (QED) is 0.311. The highest BCUT2D eigenvalue weighted by Gasteiger charge is 2.20. The van der Waals surface area contributed by atoms with E-state index in [1.54, 1.807) is 11.8 Å². The van der Waals surface area contributed by atoms with Crippen molar-refractivity contribution in [1.29, 1.82) is 0 Å². The topological polar surface area (TPSA) is 31.4 Å². The molecule has 3 nitrogen and oxygen atoms in total. The Hall–Kier alpha value is -4.28. The van der Waals surface area contributed by atoms with E-state index in [9.17, 15) is 0 Å². The fraction of sp³-hybridized carbons (Fsp3) is 0.0312. The second kappa shape index (κ2) is 9.76. The second-order valence-corrected chi connectivity index (χ2v) is 9.70. The molecule has 2 aliphatic heterocycles. The SMILES string of the molecule is CN1\C(=C/C=C/C(=C2/C=CC(c3ccccc3)=N2)c2ccc(-c3ccccc3)[nH]2)Sc2ccccc21. The number of H-pyrrole nitrogens is 1. The van der Waals surface area contributed by atoms with E-state index in [0.717, 1.165) is 39.5 Å². The van der Waals surface area contributed by atoms with Gasteiger partial charge in [-0.05, 0) is 48.1 Å². The highest BCUT2D eigenvalue weighted by atomic mass is 32.2. The third kappa shape index (κ3) is 4.39. The molecule has 2 aliphatic rings. The van der Waals surface area contributed by atoms with Gasteiger partial charge >= 0.3 is 0 Å². The Balaban J connectivity index is 1.37. The Morgan fingerprint density at radius 1 is 0.806 bits per heavy atom. The Kier molecular flexibility index (Phi) is 6.02. The number of anilines is 1. The molecule has 1 aromatic heterocycles. The summed E-state index contributed by atoms with van der Waals surface area (Å²) in [6.45, 7) is 0. The van der Waals surface area contributed by atoms with Crippen LogP contribution in [0.3, 0.4) is 0 Å². The lowest BCUT2D eigenvalue weighted by Crippen LogP contribution is -2.08. The van der Waals surface area contributed by atoms with Crippen molar-refractivity contribution in [2.75, 3.05) is 11.9 Å². The van der Waals surface area contributed by atoms with Crippen LogP contribution in [0.4, 0.5) is 5.69 Å². The molecule has 36 heavy (non-hydrogen) atoms. The van der Waals surface area contributed by atoms with E-state index in [-0.39, 0.29) is 0 Å². The van der Waals surface area contributed by atoms with Gasteiger partial charge in [-0.25, -0.2) is 4.99 Å². The maximum absolute atomic E-state index is 4.99. The molecule has 0 saturated carbocycles. The number of benzene rings is 3. The summed E-state index contributed by atoms with van der Waals surface area (Å²) < 4.78 is 0. The fourth-order valence-corrected chi connectivity index (χ4v) is 5.49. The standard InChI is InChI=1S/C32H25N3S/c1-35-30-16-8-9-17-31(30)36-32(35)18-10-15-25(28-21-19-26(33-28)23-11-4-2-5-12-23)29-22-20-27(34-29)24-13-6-3-7-14-24/h2-22,33H,1H3/b15-10+,29-25+,32-18+. The van der Waals surface area contributed by atoms with Gasteiger partial charge in [0.1, 0.15) is 0 Å². The van der Waals surface area contributed by atoms with Crippen LogP contribution in [0.5, 0.6) is 0 Å². The molecule has 3 aromatic carbocycles. The lowest BCUT2D eigenvalue weighted by atomic mass is 10.1. The minimum absolute atomic E-state index is 0.945. The molecule has 6 rings (SSSR count). The normalized spacial score (nSPS) is 17.2. The van der Waals surface area contributed by atoms with Crippen LogP contribution in [-0.2, 0) is 0 Å². The van der Waals surface area contributed by atoms with E-state index in [4.69, 9.17) is 4.99 Å². The number of thioether (sulfide) groups is 1. The van der Waals surface area contributed by atoms with Crippen molar-refractivity contribution >= 4 is 28.7 Å². The maximum atomic E-state index is 4.99. The van der Waals surface area contributed by atoms with Gasteiger partial charge in [-0.3, -0.25) is 0 Å². The zero-order valence-electron chi connectivity index (χ0n) is 19.9. The number of aliphatic imine (C=N–C) groups is 1. The summed E-state index contributed by atoms with van der Waals surface area (Å²) >= 11 is 1.79. The van der Waals surface area contributed by atoms with Crippen LogP contribution in [0.25, 0.3) is 16.8 Å². The Bertz CT molecular complexity index is 1550. The molecule has 1 N–H and O–H groups in total. The molecule has 4 heteroatoms. The predicted molar refractivity (Wildman–Crippen MR) is 153 cm³/mol. The van der Waals surface area contributed by atoms with E-state index in [1.165, 1.54) is 15.6 Å².